The second-order valence-corrected chi connectivity index (χ2v) is 13.0. The number of carbonyl (C=O) groups excluding carboxylic acids is 1. The Morgan fingerprint density at radius 3 is 1.20 bits per heavy atom. The van der Waals surface area contributed by atoms with Gasteiger partial charge < -0.3 is 20.1 Å². The van der Waals surface area contributed by atoms with Gasteiger partial charge in [0.05, 0.1) is 12.5 Å². The zero-order chi connectivity index (χ0) is 33.1. The van der Waals surface area contributed by atoms with Gasteiger partial charge in [0.25, 0.3) is 0 Å². The summed E-state index contributed by atoms with van der Waals surface area (Å²) in [6.45, 7) is 8.07. The van der Waals surface area contributed by atoms with E-state index in [2.05, 4.69) is 19.1 Å². The monoisotopic (exact) mass is 624 g/mol. The van der Waals surface area contributed by atoms with Crippen LogP contribution in [0.1, 0.15) is 182 Å². The Morgan fingerprint density at radius 1 is 0.523 bits per heavy atom. The van der Waals surface area contributed by atoms with Crippen LogP contribution in [-0.4, -0.2) is 57.3 Å². The van der Waals surface area contributed by atoms with Crippen LogP contribution in [0.3, 0.4) is 0 Å². The third kappa shape index (κ3) is 17.0. The lowest BCUT2D eigenvalue weighted by atomic mass is 9.91. The number of unbranched alkanes of at least 4 members (excludes halogenated alkanes) is 16. The number of rotatable bonds is 32. The van der Waals surface area contributed by atoms with Gasteiger partial charge in [0.1, 0.15) is 6.04 Å². The first-order chi connectivity index (χ1) is 21.2. The molecule has 0 aromatic heterocycles. The number of aliphatic carboxylic acids is 3. The molecule has 0 heterocycles. The van der Waals surface area contributed by atoms with Crippen molar-refractivity contribution in [2.75, 3.05) is 6.54 Å². The van der Waals surface area contributed by atoms with E-state index in [1.807, 2.05) is 20.8 Å². The van der Waals surface area contributed by atoms with Gasteiger partial charge in [-0.05, 0) is 51.4 Å². The molecule has 0 saturated carbocycles. The first-order valence-electron chi connectivity index (χ1n) is 18.4. The predicted octanol–water partition coefficient (Wildman–Crippen LogP) is 8.83. The smallest absolute Gasteiger partial charge is 0.362 e. The topological polar surface area (TPSA) is 115 Å². The number of carboxylic acids is 3. The molecular formula is C37H69NO6. The van der Waals surface area contributed by atoms with Crippen LogP contribution in [0.4, 0.5) is 0 Å². The maximum Gasteiger partial charge on any atom is 0.362 e. The minimum atomic E-state index is -1.33. The Balaban J connectivity index is 4.77. The van der Waals surface area contributed by atoms with E-state index in [9.17, 15) is 29.7 Å². The van der Waals surface area contributed by atoms with Gasteiger partial charge in [0, 0.05) is 19.3 Å². The summed E-state index contributed by atoms with van der Waals surface area (Å²) in [7, 11) is 0. The van der Waals surface area contributed by atoms with Crippen LogP contribution in [0.15, 0.2) is 12.2 Å². The molecule has 0 bridgehead atoms. The fourth-order valence-corrected chi connectivity index (χ4v) is 6.97. The molecule has 258 valence electrons. The van der Waals surface area contributed by atoms with Gasteiger partial charge in [0.15, 0.2) is 12.1 Å². The third-order valence-corrected chi connectivity index (χ3v) is 9.33. The number of nitrogens with zero attached hydrogens (tertiary/aromatic N) is 1. The van der Waals surface area contributed by atoms with Crippen LogP contribution in [0.5, 0.6) is 0 Å². The Bertz CT molecular complexity index is 707. The third-order valence-electron chi connectivity index (χ3n) is 9.33. The molecule has 0 aromatic carbocycles. The van der Waals surface area contributed by atoms with E-state index in [1.54, 1.807) is 0 Å². The quantitative estimate of drug-likeness (QED) is 0.0439. The van der Waals surface area contributed by atoms with E-state index in [1.165, 1.54) is 77.0 Å². The molecule has 2 N–H and O–H groups in total. The molecule has 44 heavy (non-hydrogen) atoms. The molecule has 0 saturated heterocycles. The van der Waals surface area contributed by atoms with Crippen LogP contribution < -0.4 is 5.11 Å². The summed E-state index contributed by atoms with van der Waals surface area (Å²) < 4.78 is -0.437. The second-order valence-electron chi connectivity index (χ2n) is 13.0. The van der Waals surface area contributed by atoms with Crippen LogP contribution in [-0.2, 0) is 14.4 Å². The summed E-state index contributed by atoms with van der Waals surface area (Å²) in [5.74, 6) is -3.56. The molecule has 3 atom stereocenters. The van der Waals surface area contributed by atoms with Crippen LogP contribution >= 0.6 is 0 Å². The minimum Gasteiger partial charge on any atom is -0.544 e. The van der Waals surface area contributed by atoms with Crippen molar-refractivity contribution >= 4 is 17.9 Å². The normalized spacial score (nSPS) is 15.2. The molecule has 0 radical (unpaired) electrons. The van der Waals surface area contributed by atoms with Gasteiger partial charge in [-0.1, -0.05) is 123 Å². The first-order valence-corrected chi connectivity index (χ1v) is 18.4. The molecule has 0 aromatic rings. The number of carboxylic acid groups (broad SMARTS) is 3. The predicted molar refractivity (Wildman–Crippen MR) is 179 cm³/mol. The van der Waals surface area contributed by atoms with Crippen molar-refractivity contribution in [3.63, 3.8) is 0 Å². The highest BCUT2D eigenvalue weighted by Gasteiger charge is 2.54. The number of hydrogen-bond acceptors (Lipinski definition) is 4. The lowest BCUT2D eigenvalue weighted by molar-refractivity contribution is -0.975. The maximum atomic E-state index is 12.6. The van der Waals surface area contributed by atoms with Crippen molar-refractivity contribution in [2.45, 2.75) is 200 Å². The molecule has 0 aliphatic carbocycles. The van der Waals surface area contributed by atoms with Gasteiger partial charge in [-0.25, -0.2) is 9.59 Å². The Hall–Kier alpha value is -1.89. The van der Waals surface area contributed by atoms with E-state index in [0.29, 0.717) is 25.7 Å². The lowest BCUT2D eigenvalue weighted by Crippen LogP contribution is -2.74. The standard InChI is InChI=1S/C37H69NO6/c1-5-9-10-11-12-13-14-15-16-17-18-19-20-21-22-23-24-25-26-27-31-38(32(28-6-2)35(39)40,33(29-7-3)36(41)42)34(30-8-4)37(43)44/h18-19,32-34H,5-17,20-31H2,1-4H3,(H2-,39,40,41,42,43,44)/b19-18+. The van der Waals surface area contributed by atoms with E-state index >= 15 is 0 Å². The summed E-state index contributed by atoms with van der Waals surface area (Å²) in [6.07, 6.45) is 28.6. The molecule has 7 nitrogen and oxygen atoms in total. The Morgan fingerprint density at radius 2 is 0.864 bits per heavy atom. The van der Waals surface area contributed by atoms with Crippen LogP contribution in [0, 0.1) is 0 Å². The molecular weight excluding hydrogens is 554 g/mol. The van der Waals surface area contributed by atoms with E-state index < -0.39 is 40.5 Å². The van der Waals surface area contributed by atoms with Crippen molar-refractivity contribution < 1.29 is 34.2 Å². The van der Waals surface area contributed by atoms with Gasteiger partial charge in [-0.3, -0.25) is 4.48 Å². The van der Waals surface area contributed by atoms with Gasteiger partial charge in [0.2, 0.25) is 0 Å². The minimum absolute atomic E-state index is 0.205. The zero-order valence-electron chi connectivity index (χ0n) is 29.0. The van der Waals surface area contributed by atoms with Gasteiger partial charge in [-0.15, -0.1) is 0 Å². The fraction of sp³-hybridized carbons (Fsp3) is 0.865. The molecule has 0 spiro atoms. The van der Waals surface area contributed by atoms with Crippen molar-refractivity contribution in [3.05, 3.63) is 12.2 Å². The van der Waals surface area contributed by atoms with E-state index in [0.717, 1.165) is 32.1 Å². The summed E-state index contributed by atoms with van der Waals surface area (Å²) in [6, 6.07) is -3.33. The Kier molecular flexibility index (Phi) is 26.2. The van der Waals surface area contributed by atoms with Crippen molar-refractivity contribution in [1.29, 1.82) is 0 Å². The number of carbonyl (C=O) groups is 3. The highest BCUT2D eigenvalue weighted by atomic mass is 16.4. The number of allylic oxidation sites excluding steroid dienone is 2. The SMILES string of the molecule is CCCCCCCCCCC/C=C/CCCCCCCCC[N+](C(CCC)C(=O)[O-])(C(CCC)C(=O)O)C(CCC)C(=O)O. The maximum absolute atomic E-state index is 12.6. The van der Waals surface area contributed by atoms with E-state index in [4.69, 9.17) is 0 Å². The average Bonchev–Trinajstić information content (AvgIpc) is 2.98. The number of hydrogen-bond donors (Lipinski definition) is 2. The summed E-state index contributed by atoms with van der Waals surface area (Å²) in [4.78, 5) is 37.7. The lowest BCUT2D eigenvalue weighted by Gasteiger charge is -2.52. The van der Waals surface area contributed by atoms with Crippen molar-refractivity contribution in [3.8, 4) is 0 Å². The zero-order valence-corrected chi connectivity index (χ0v) is 29.0. The Labute approximate surface area is 270 Å². The highest BCUT2D eigenvalue weighted by molar-refractivity contribution is 5.77. The molecule has 0 rings (SSSR count). The first kappa shape index (κ1) is 42.1. The van der Waals surface area contributed by atoms with Crippen molar-refractivity contribution in [1.82, 2.24) is 0 Å². The number of quaternary nitrogens is 1. The summed E-state index contributed by atoms with van der Waals surface area (Å²) in [5.41, 5.74) is 0. The van der Waals surface area contributed by atoms with Gasteiger partial charge >= 0.3 is 11.9 Å². The van der Waals surface area contributed by atoms with Crippen molar-refractivity contribution in [2.24, 2.45) is 0 Å². The largest absolute Gasteiger partial charge is 0.544 e. The second kappa shape index (κ2) is 27.4. The van der Waals surface area contributed by atoms with Crippen LogP contribution in [0.25, 0.3) is 0 Å². The molecule has 3 unspecified atom stereocenters. The average molecular weight is 624 g/mol. The van der Waals surface area contributed by atoms with Gasteiger partial charge in [-0.2, -0.15) is 0 Å². The molecule has 0 aliphatic heterocycles. The molecule has 0 aliphatic rings. The van der Waals surface area contributed by atoms with Crippen LogP contribution in [0.2, 0.25) is 0 Å². The van der Waals surface area contributed by atoms with E-state index in [-0.39, 0.29) is 25.8 Å². The summed E-state index contributed by atoms with van der Waals surface area (Å²) >= 11 is 0. The highest BCUT2D eigenvalue weighted by Crippen LogP contribution is 2.34. The molecule has 0 fully saturated rings. The molecule has 0 amide bonds. The fourth-order valence-electron chi connectivity index (χ4n) is 6.97. The molecule has 7 heteroatoms. The summed E-state index contributed by atoms with van der Waals surface area (Å²) in [5, 5.41) is 33.0.